The Morgan fingerprint density at radius 2 is 2.00 bits per heavy atom. The van der Waals surface area contributed by atoms with E-state index in [1.807, 2.05) is 0 Å². The van der Waals surface area contributed by atoms with Crippen molar-refractivity contribution < 1.29 is 18.9 Å². The molecule has 0 saturated carbocycles. The van der Waals surface area contributed by atoms with Crippen molar-refractivity contribution in [3.05, 3.63) is 70.4 Å². The molecule has 0 radical (unpaired) electrons. The zero-order valence-corrected chi connectivity index (χ0v) is 13.0. The van der Waals surface area contributed by atoms with Gasteiger partial charge in [0, 0.05) is 30.1 Å². The van der Waals surface area contributed by atoms with Gasteiger partial charge in [0.05, 0.1) is 10.5 Å². The third-order valence-corrected chi connectivity index (χ3v) is 3.29. The van der Waals surface area contributed by atoms with Gasteiger partial charge in [-0.2, -0.15) is 0 Å². The summed E-state index contributed by atoms with van der Waals surface area (Å²) >= 11 is 0. The van der Waals surface area contributed by atoms with Gasteiger partial charge in [0.15, 0.2) is 6.10 Å². The number of benzene rings is 1. The number of non-ortho nitro benzene ring substituents is 1. The van der Waals surface area contributed by atoms with E-state index in [2.05, 4.69) is 15.2 Å². The first kappa shape index (κ1) is 16.2. The number of nitro groups is 1. The minimum Gasteiger partial charge on any atom is -0.449 e. The van der Waals surface area contributed by atoms with Crippen LogP contribution in [0.5, 0.6) is 0 Å². The maximum atomic E-state index is 12.0. The van der Waals surface area contributed by atoms with Crippen molar-refractivity contribution in [1.82, 2.24) is 15.2 Å². The molecule has 0 bridgehead atoms. The number of ether oxygens (including phenoxy) is 1. The van der Waals surface area contributed by atoms with Crippen molar-refractivity contribution in [2.75, 3.05) is 0 Å². The highest BCUT2D eigenvalue weighted by Gasteiger charge is 2.20. The second-order valence-corrected chi connectivity index (χ2v) is 5.04. The fraction of sp³-hybridized carbons (Fsp3) is 0.125. The molecule has 0 amide bonds. The van der Waals surface area contributed by atoms with E-state index in [9.17, 15) is 14.9 Å². The molecule has 0 aliphatic carbocycles. The summed E-state index contributed by atoms with van der Waals surface area (Å²) < 4.78 is 10.7. The van der Waals surface area contributed by atoms with E-state index < -0.39 is 17.0 Å². The molecule has 1 atom stereocenters. The molecule has 0 unspecified atom stereocenters. The molecule has 0 spiro atoms. The first-order valence-electron chi connectivity index (χ1n) is 7.24. The molecule has 0 saturated heterocycles. The predicted molar refractivity (Wildman–Crippen MR) is 84.5 cm³/mol. The molecule has 0 fully saturated rings. The van der Waals surface area contributed by atoms with Crippen molar-refractivity contribution >= 4 is 11.7 Å². The lowest BCUT2D eigenvalue weighted by atomic mass is 10.2. The third kappa shape index (κ3) is 3.66. The molecular weight excluding hydrogens is 328 g/mol. The van der Waals surface area contributed by atoms with E-state index in [1.54, 1.807) is 25.3 Å². The van der Waals surface area contributed by atoms with Crippen LogP contribution in [0.4, 0.5) is 5.69 Å². The van der Waals surface area contributed by atoms with Crippen molar-refractivity contribution in [2.24, 2.45) is 0 Å². The van der Waals surface area contributed by atoms with Gasteiger partial charge in [-0.15, -0.1) is 10.2 Å². The zero-order chi connectivity index (χ0) is 17.8. The number of carbonyl (C=O) groups excluding carboxylic acids is 1. The molecule has 126 valence electrons. The third-order valence-electron chi connectivity index (χ3n) is 3.29. The summed E-state index contributed by atoms with van der Waals surface area (Å²) in [6, 6.07) is 8.89. The van der Waals surface area contributed by atoms with E-state index in [0.717, 1.165) is 0 Å². The molecule has 0 aliphatic rings. The van der Waals surface area contributed by atoms with Gasteiger partial charge in [-0.1, -0.05) is 0 Å². The monoisotopic (exact) mass is 340 g/mol. The van der Waals surface area contributed by atoms with Gasteiger partial charge in [0.1, 0.15) is 0 Å². The number of hydrogen-bond donors (Lipinski definition) is 0. The molecule has 0 aliphatic heterocycles. The number of nitrogens with zero attached hydrogens (tertiary/aromatic N) is 4. The first-order valence-corrected chi connectivity index (χ1v) is 7.24. The Morgan fingerprint density at radius 1 is 1.24 bits per heavy atom. The maximum Gasteiger partial charge on any atom is 0.340 e. The Labute approximate surface area is 141 Å². The number of pyridine rings is 1. The van der Waals surface area contributed by atoms with Crippen LogP contribution in [0.25, 0.3) is 11.5 Å². The quantitative estimate of drug-likeness (QED) is 0.395. The smallest absolute Gasteiger partial charge is 0.340 e. The van der Waals surface area contributed by atoms with Crippen LogP contribution < -0.4 is 0 Å². The molecule has 9 nitrogen and oxygen atoms in total. The highest BCUT2D eigenvalue weighted by molar-refractivity contribution is 5.89. The summed E-state index contributed by atoms with van der Waals surface area (Å²) in [6.45, 7) is 1.60. The minimum atomic E-state index is -0.757. The van der Waals surface area contributed by atoms with Crippen LogP contribution in [0.15, 0.2) is 53.2 Å². The second-order valence-electron chi connectivity index (χ2n) is 5.04. The predicted octanol–water partition coefficient (Wildman–Crippen LogP) is 2.96. The average Bonchev–Trinajstić information content (AvgIpc) is 3.13. The largest absolute Gasteiger partial charge is 0.449 e. The van der Waals surface area contributed by atoms with Crippen LogP contribution in [0.1, 0.15) is 29.3 Å². The van der Waals surface area contributed by atoms with Crippen LogP contribution in [0.2, 0.25) is 0 Å². The molecule has 2 heterocycles. The zero-order valence-electron chi connectivity index (χ0n) is 13.0. The average molecular weight is 340 g/mol. The molecule has 2 aromatic heterocycles. The van der Waals surface area contributed by atoms with Crippen LogP contribution in [0.3, 0.4) is 0 Å². The summed E-state index contributed by atoms with van der Waals surface area (Å²) in [5.41, 5.74) is 0.793. The first-order chi connectivity index (χ1) is 12.0. The van der Waals surface area contributed by atoms with Crippen molar-refractivity contribution in [3.63, 3.8) is 0 Å². The number of carbonyl (C=O) groups is 1. The van der Waals surface area contributed by atoms with Crippen LogP contribution >= 0.6 is 0 Å². The Balaban J connectivity index is 1.72. The maximum absolute atomic E-state index is 12.0. The molecule has 0 N–H and O–H groups in total. The SMILES string of the molecule is C[C@H](OC(=O)c1cccnc1)c1nnc(-c2ccc([N+](=O)[O-])cc2)o1. The highest BCUT2D eigenvalue weighted by Crippen LogP contribution is 2.24. The Kier molecular flexibility index (Phi) is 4.46. The Hall–Kier alpha value is -3.62. The highest BCUT2D eigenvalue weighted by atomic mass is 16.6. The molecule has 1 aromatic carbocycles. The summed E-state index contributed by atoms with van der Waals surface area (Å²) in [6.07, 6.45) is 2.19. The van der Waals surface area contributed by atoms with Gasteiger partial charge in [0.2, 0.25) is 5.89 Å². The van der Waals surface area contributed by atoms with Gasteiger partial charge in [0.25, 0.3) is 11.6 Å². The lowest BCUT2D eigenvalue weighted by Crippen LogP contribution is -2.09. The molecule has 9 heteroatoms. The number of esters is 1. The van der Waals surface area contributed by atoms with E-state index in [0.29, 0.717) is 11.1 Å². The standard InChI is InChI=1S/C16H12N4O5/c1-10(24-16(21)12-3-2-8-17-9-12)14-18-19-15(25-14)11-4-6-13(7-5-11)20(22)23/h2-10H,1H3/t10-/m0/s1. The van der Waals surface area contributed by atoms with Gasteiger partial charge < -0.3 is 9.15 Å². The van der Waals surface area contributed by atoms with Gasteiger partial charge in [-0.3, -0.25) is 15.1 Å². The molecular formula is C16H12N4O5. The number of rotatable bonds is 5. The van der Waals surface area contributed by atoms with Crippen molar-refractivity contribution in [1.29, 1.82) is 0 Å². The Bertz CT molecular complexity index is 892. The van der Waals surface area contributed by atoms with E-state index >= 15 is 0 Å². The van der Waals surface area contributed by atoms with Crippen molar-refractivity contribution in [3.8, 4) is 11.5 Å². The molecule has 3 aromatic rings. The van der Waals surface area contributed by atoms with Gasteiger partial charge in [-0.05, 0) is 31.2 Å². The van der Waals surface area contributed by atoms with E-state index in [1.165, 1.54) is 30.5 Å². The summed E-state index contributed by atoms with van der Waals surface area (Å²) in [5.74, 6) is -0.268. The summed E-state index contributed by atoms with van der Waals surface area (Å²) in [7, 11) is 0. The van der Waals surface area contributed by atoms with Crippen LogP contribution in [-0.4, -0.2) is 26.1 Å². The number of aromatic nitrogens is 3. The second kappa shape index (κ2) is 6.87. The lowest BCUT2D eigenvalue weighted by Gasteiger charge is -2.08. The number of hydrogen-bond acceptors (Lipinski definition) is 8. The summed E-state index contributed by atoms with van der Waals surface area (Å²) in [5, 5.41) is 18.4. The van der Waals surface area contributed by atoms with Gasteiger partial charge >= 0.3 is 5.97 Å². The van der Waals surface area contributed by atoms with Gasteiger partial charge in [-0.25, -0.2) is 4.79 Å². The van der Waals surface area contributed by atoms with Crippen molar-refractivity contribution in [2.45, 2.75) is 13.0 Å². The summed E-state index contributed by atoms with van der Waals surface area (Å²) in [4.78, 5) is 26.0. The topological polar surface area (TPSA) is 121 Å². The molecule has 3 rings (SSSR count). The van der Waals surface area contributed by atoms with E-state index in [-0.39, 0.29) is 17.5 Å². The molecule has 25 heavy (non-hydrogen) atoms. The number of nitro benzene ring substituents is 1. The minimum absolute atomic E-state index is 0.0396. The van der Waals surface area contributed by atoms with Crippen LogP contribution in [0, 0.1) is 10.1 Å². The fourth-order valence-electron chi connectivity index (χ4n) is 2.00. The van der Waals surface area contributed by atoms with E-state index in [4.69, 9.17) is 9.15 Å². The normalized spacial score (nSPS) is 11.7. The lowest BCUT2D eigenvalue weighted by molar-refractivity contribution is -0.384. The Morgan fingerprint density at radius 3 is 2.64 bits per heavy atom. The van der Waals surface area contributed by atoms with Crippen LogP contribution in [-0.2, 0) is 4.74 Å². The fourth-order valence-corrected chi connectivity index (χ4v) is 2.00.